The van der Waals surface area contributed by atoms with Gasteiger partial charge in [0, 0.05) is 25.8 Å². The predicted octanol–water partition coefficient (Wildman–Crippen LogP) is 0.899. The van der Waals surface area contributed by atoms with Gasteiger partial charge in [0.2, 0.25) is 0 Å². The first kappa shape index (κ1) is 14.1. The first-order valence-corrected chi connectivity index (χ1v) is 7.64. The molecule has 2 atom stereocenters. The molecular formula is C12H18N2O4S. The quantitative estimate of drug-likeness (QED) is 0.895. The van der Waals surface area contributed by atoms with Gasteiger partial charge in [0.25, 0.3) is 10.0 Å². The Morgan fingerprint density at radius 1 is 1.42 bits per heavy atom. The molecule has 0 aliphatic carbocycles. The van der Waals surface area contributed by atoms with Crippen LogP contribution in [0.25, 0.3) is 0 Å². The molecule has 1 N–H and O–H groups in total. The van der Waals surface area contributed by atoms with Gasteiger partial charge in [-0.05, 0) is 31.9 Å². The number of aromatic nitrogens is 1. The van der Waals surface area contributed by atoms with Crippen molar-refractivity contribution in [3.8, 4) is 0 Å². The van der Waals surface area contributed by atoms with Gasteiger partial charge in [-0.15, -0.1) is 0 Å². The first-order valence-electron chi connectivity index (χ1n) is 6.20. The summed E-state index contributed by atoms with van der Waals surface area (Å²) >= 11 is 0. The SMILES string of the molecule is CC1CCC(C(=O)O)CN1S(=O)(=O)c1cccn1C. The Morgan fingerprint density at radius 3 is 2.63 bits per heavy atom. The minimum Gasteiger partial charge on any atom is -0.481 e. The molecule has 1 aromatic rings. The second-order valence-electron chi connectivity index (χ2n) is 4.99. The smallest absolute Gasteiger partial charge is 0.307 e. The first-order chi connectivity index (χ1) is 8.84. The van der Waals surface area contributed by atoms with Crippen LogP contribution in [0.4, 0.5) is 0 Å². The molecule has 0 spiro atoms. The summed E-state index contributed by atoms with van der Waals surface area (Å²) in [6.07, 6.45) is 2.76. The molecule has 1 fully saturated rings. The topological polar surface area (TPSA) is 79.6 Å². The van der Waals surface area contributed by atoms with E-state index in [9.17, 15) is 13.2 Å². The number of carboxylic acids is 1. The number of hydrogen-bond donors (Lipinski definition) is 1. The van der Waals surface area contributed by atoms with Gasteiger partial charge in [0.1, 0.15) is 5.03 Å². The molecule has 2 rings (SSSR count). The number of nitrogens with zero attached hydrogens (tertiary/aromatic N) is 2. The third kappa shape index (κ3) is 2.52. The van der Waals surface area contributed by atoms with Crippen LogP contribution in [0.3, 0.4) is 0 Å². The van der Waals surface area contributed by atoms with Crippen LogP contribution in [0.1, 0.15) is 19.8 Å². The van der Waals surface area contributed by atoms with Crippen molar-refractivity contribution in [2.24, 2.45) is 13.0 Å². The number of aliphatic carboxylic acids is 1. The van der Waals surface area contributed by atoms with Crippen molar-refractivity contribution in [3.05, 3.63) is 18.3 Å². The molecule has 6 nitrogen and oxygen atoms in total. The van der Waals surface area contributed by atoms with E-state index in [1.165, 1.54) is 14.9 Å². The van der Waals surface area contributed by atoms with Crippen molar-refractivity contribution < 1.29 is 18.3 Å². The minimum absolute atomic E-state index is 0.0456. The van der Waals surface area contributed by atoms with Crippen LogP contribution in [0.2, 0.25) is 0 Å². The number of carbonyl (C=O) groups is 1. The molecule has 0 saturated carbocycles. The average Bonchev–Trinajstić information content (AvgIpc) is 2.76. The normalized spacial score (nSPS) is 25.4. The van der Waals surface area contributed by atoms with Crippen molar-refractivity contribution >= 4 is 16.0 Å². The van der Waals surface area contributed by atoms with E-state index in [1.807, 2.05) is 6.92 Å². The fourth-order valence-electron chi connectivity index (χ4n) is 2.44. The van der Waals surface area contributed by atoms with Gasteiger partial charge < -0.3 is 9.67 Å². The van der Waals surface area contributed by atoms with Gasteiger partial charge in [-0.1, -0.05) is 0 Å². The molecule has 2 unspecified atom stereocenters. The number of rotatable bonds is 3. The summed E-state index contributed by atoms with van der Waals surface area (Å²) < 4.78 is 28.0. The molecule has 0 amide bonds. The van der Waals surface area contributed by atoms with E-state index < -0.39 is 21.9 Å². The monoisotopic (exact) mass is 286 g/mol. The predicted molar refractivity (Wildman–Crippen MR) is 69.1 cm³/mol. The maximum absolute atomic E-state index is 12.6. The van der Waals surface area contributed by atoms with Crippen molar-refractivity contribution in [1.82, 2.24) is 8.87 Å². The van der Waals surface area contributed by atoms with Crippen molar-refractivity contribution in [3.63, 3.8) is 0 Å². The highest BCUT2D eigenvalue weighted by molar-refractivity contribution is 7.89. The lowest BCUT2D eigenvalue weighted by Crippen LogP contribution is -2.47. The molecule has 7 heteroatoms. The minimum atomic E-state index is -3.63. The van der Waals surface area contributed by atoms with E-state index in [-0.39, 0.29) is 17.6 Å². The van der Waals surface area contributed by atoms with E-state index in [4.69, 9.17) is 5.11 Å². The fourth-order valence-corrected chi connectivity index (χ4v) is 4.32. The molecule has 0 bridgehead atoms. The molecule has 19 heavy (non-hydrogen) atoms. The van der Waals surface area contributed by atoms with Gasteiger partial charge in [0.05, 0.1) is 5.92 Å². The molecule has 1 saturated heterocycles. The molecular weight excluding hydrogens is 268 g/mol. The lowest BCUT2D eigenvalue weighted by Gasteiger charge is -2.35. The Morgan fingerprint density at radius 2 is 2.11 bits per heavy atom. The Hall–Kier alpha value is -1.34. The molecule has 106 valence electrons. The third-order valence-corrected chi connectivity index (χ3v) is 5.72. The van der Waals surface area contributed by atoms with E-state index in [2.05, 4.69) is 0 Å². The second-order valence-corrected chi connectivity index (χ2v) is 6.83. The maximum atomic E-state index is 12.6. The zero-order valence-electron chi connectivity index (χ0n) is 11.0. The average molecular weight is 286 g/mol. The van der Waals surface area contributed by atoms with E-state index >= 15 is 0 Å². The Bertz CT molecular complexity index is 578. The van der Waals surface area contributed by atoms with Crippen LogP contribution in [-0.2, 0) is 21.9 Å². The standard InChI is InChI=1S/C12H18N2O4S/c1-9-5-6-10(12(15)16)8-14(9)19(17,18)11-4-3-7-13(11)2/h3-4,7,9-10H,5-6,8H2,1-2H3,(H,15,16). The van der Waals surface area contributed by atoms with Crippen LogP contribution < -0.4 is 0 Å². The van der Waals surface area contributed by atoms with Crippen LogP contribution in [-0.4, -0.2) is 41.0 Å². The largest absolute Gasteiger partial charge is 0.481 e. The highest BCUT2D eigenvalue weighted by atomic mass is 32.2. The van der Waals surface area contributed by atoms with Crippen LogP contribution in [0.5, 0.6) is 0 Å². The van der Waals surface area contributed by atoms with Gasteiger partial charge in [-0.25, -0.2) is 8.42 Å². The molecule has 1 aliphatic heterocycles. The molecule has 1 aliphatic rings. The van der Waals surface area contributed by atoms with Crippen LogP contribution in [0, 0.1) is 5.92 Å². The van der Waals surface area contributed by atoms with Crippen LogP contribution >= 0.6 is 0 Å². The van der Waals surface area contributed by atoms with E-state index in [0.717, 1.165) is 0 Å². The highest BCUT2D eigenvalue weighted by Crippen LogP contribution is 2.28. The Labute approximate surface area is 112 Å². The summed E-state index contributed by atoms with van der Waals surface area (Å²) in [6, 6.07) is 3.03. The summed E-state index contributed by atoms with van der Waals surface area (Å²) in [6.45, 7) is 1.86. The third-order valence-electron chi connectivity index (χ3n) is 3.64. The van der Waals surface area contributed by atoms with Crippen molar-refractivity contribution in [2.45, 2.75) is 30.8 Å². The lowest BCUT2D eigenvalue weighted by molar-refractivity contribution is -0.143. The summed E-state index contributed by atoms with van der Waals surface area (Å²) in [7, 11) is -1.97. The second kappa shape index (κ2) is 4.97. The number of aryl methyl sites for hydroxylation is 1. The van der Waals surface area contributed by atoms with E-state index in [1.54, 1.807) is 19.3 Å². The Kier molecular flexibility index (Phi) is 3.69. The van der Waals surface area contributed by atoms with E-state index in [0.29, 0.717) is 12.8 Å². The molecule has 2 heterocycles. The van der Waals surface area contributed by atoms with Crippen LogP contribution in [0.15, 0.2) is 23.4 Å². The summed E-state index contributed by atoms with van der Waals surface area (Å²) in [4.78, 5) is 11.1. The number of sulfonamides is 1. The molecule has 0 radical (unpaired) electrons. The number of piperidine rings is 1. The number of hydrogen-bond acceptors (Lipinski definition) is 3. The maximum Gasteiger partial charge on any atom is 0.307 e. The Balaban J connectivity index is 2.33. The molecule has 1 aromatic heterocycles. The van der Waals surface area contributed by atoms with Gasteiger partial charge in [-0.2, -0.15) is 4.31 Å². The zero-order chi connectivity index (χ0) is 14.2. The van der Waals surface area contributed by atoms with Crippen molar-refractivity contribution in [2.75, 3.05) is 6.54 Å². The van der Waals surface area contributed by atoms with Gasteiger partial charge in [0.15, 0.2) is 0 Å². The van der Waals surface area contributed by atoms with Gasteiger partial charge >= 0.3 is 5.97 Å². The van der Waals surface area contributed by atoms with Crippen molar-refractivity contribution in [1.29, 1.82) is 0 Å². The van der Waals surface area contributed by atoms with Gasteiger partial charge in [-0.3, -0.25) is 4.79 Å². The summed E-state index contributed by atoms with van der Waals surface area (Å²) in [5, 5.41) is 9.27. The fraction of sp³-hybridized carbons (Fsp3) is 0.583. The lowest BCUT2D eigenvalue weighted by atomic mass is 9.96. The summed E-state index contributed by atoms with van der Waals surface area (Å²) in [5.41, 5.74) is 0. The highest BCUT2D eigenvalue weighted by Gasteiger charge is 2.38. The number of carboxylic acid groups (broad SMARTS) is 1. The molecule has 0 aromatic carbocycles. The zero-order valence-corrected chi connectivity index (χ0v) is 11.8. The summed E-state index contributed by atoms with van der Waals surface area (Å²) in [5.74, 6) is -1.55.